The Morgan fingerprint density at radius 1 is 1.04 bits per heavy atom. The van der Waals surface area contributed by atoms with Crippen LogP contribution >= 0.6 is 0 Å². The number of nitrogens with zero attached hydrogens (tertiary/aromatic N) is 4. The van der Waals surface area contributed by atoms with Gasteiger partial charge in [0.05, 0.1) is 5.41 Å². The first-order valence-corrected chi connectivity index (χ1v) is 9.60. The van der Waals surface area contributed by atoms with Crippen molar-refractivity contribution in [2.24, 2.45) is 0 Å². The molecule has 0 bridgehead atoms. The summed E-state index contributed by atoms with van der Waals surface area (Å²) in [5.74, 6) is 0.753. The predicted molar refractivity (Wildman–Crippen MR) is 107 cm³/mol. The molecule has 1 amide bonds. The molecule has 0 aliphatic carbocycles. The minimum atomic E-state index is -0.441. The van der Waals surface area contributed by atoms with Crippen LogP contribution in [-0.2, 0) is 16.8 Å². The summed E-state index contributed by atoms with van der Waals surface area (Å²) in [5, 5.41) is 3.07. The molecule has 140 valence electrons. The zero-order valence-electron chi connectivity index (χ0n) is 15.5. The van der Waals surface area contributed by atoms with Crippen LogP contribution in [0.5, 0.6) is 0 Å². The summed E-state index contributed by atoms with van der Waals surface area (Å²) in [6, 6.07) is 13.8. The number of para-hydroxylation sites is 1. The van der Waals surface area contributed by atoms with Gasteiger partial charge in [-0.1, -0.05) is 24.3 Å². The number of pyridine rings is 1. The van der Waals surface area contributed by atoms with Crippen molar-refractivity contribution in [1.82, 2.24) is 19.9 Å². The van der Waals surface area contributed by atoms with E-state index in [2.05, 4.69) is 31.2 Å². The van der Waals surface area contributed by atoms with E-state index < -0.39 is 5.41 Å². The number of amides is 1. The maximum atomic E-state index is 12.8. The fourth-order valence-corrected chi connectivity index (χ4v) is 4.38. The molecule has 2 aliphatic heterocycles. The highest BCUT2D eigenvalue weighted by Gasteiger charge is 2.48. The SMILES string of the molecule is O=C1Nc2ccccc2[C@@]12CCCN(Cc1cnc(-c3ccccn3)nc1)C2. The molecule has 1 aromatic carbocycles. The minimum absolute atomic E-state index is 0.125. The predicted octanol–water partition coefficient (Wildman–Crippen LogP) is 3.02. The lowest BCUT2D eigenvalue weighted by atomic mass is 9.75. The third kappa shape index (κ3) is 2.86. The Labute approximate surface area is 163 Å². The van der Waals surface area contributed by atoms with Gasteiger partial charge in [-0.2, -0.15) is 0 Å². The molecule has 3 aromatic rings. The van der Waals surface area contributed by atoms with E-state index in [0.29, 0.717) is 5.82 Å². The number of nitrogens with one attached hydrogen (secondary N) is 1. The molecule has 2 aliphatic rings. The molecule has 1 saturated heterocycles. The van der Waals surface area contributed by atoms with Crippen LogP contribution in [0.1, 0.15) is 24.0 Å². The van der Waals surface area contributed by atoms with Gasteiger partial charge in [-0.25, -0.2) is 9.97 Å². The summed E-state index contributed by atoms with van der Waals surface area (Å²) in [4.78, 5) is 28.4. The zero-order valence-corrected chi connectivity index (χ0v) is 15.5. The molecule has 4 heterocycles. The number of carbonyl (C=O) groups is 1. The fraction of sp³-hybridized carbons (Fsp3) is 0.273. The lowest BCUT2D eigenvalue weighted by molar-refractivity contribution is -0.122. The Morgan fingerprint density at radius 2 is 1.86 bits per heavy atom. The maximum Gasteiger partial charge on any atom is 0.236 e. The van der Waals surface area contributed by atoms with Gasteiger partial charge in [0, 0.05) is 42.9 Å². The smallest absolute Gasteiger partial charge is 0.236 e. The molecule has 6 nitrogen and oxygen atoms in total. The van der Waals surface area contributed by atoms with Crippen molar-refractivity contribution in [3.63, 3.8) is 0 Å². The van der Waals surface area contributed by atoms with E-state index in [1.807, 2.05) is 48.8 Å². The molecular weight excluding hydrogens is 350 g/mol. The summed E-state index contributed by atoms with van der Waals surface area (Å²) >= 11 is 0. The highest BCUT2D eigenvalue weighted by Crippen LogP contribution is 2.43. The molecule has 1 atom stereocenters. The number of hydrogen-bond acceptors (Lipinski definition) is 5. The molecule has 0 saturated carbocycles. The van der Waals surface area contributed by atoms with Gasteiger partial charge >= 0.3 is 0 Å². The van der Waals surface area contributed by atoms with Crippen LogP contribution in [0.2, 0.25) is 0 Å². The average molecular weight is 371 g/mol. The standard InChI is InChI=1S/C22H21N5O/c28-21-22(17-6-1-2-7-18(17)26-21)9-5-11-27(15-22)14-16-12-24-20(25-13-16)19-8-3-4-10-23-19/h1-4,6-8,10,12-13H,5,9,11,14-15H2,(H,26,28)/t22-/m0/s1. The van der Waals surface area contributed by atoms with E-state index in [1.54, 1.807) is 6.20 Å². The first kappa shape index (κ1) is 17.0. The first-order valence-electron chi connectivity index (χ1n) is 9.60. The topological polar surface area (TPSA) is 71.0 Å². The lowest BCUT2D eigenvalue weighted by Gasteiger charge is -2.39. The third-order valence-electron chi connectivity index (χ3n) is 5.70. The molecule has 6 heteroatoms. The summed E-state index contributed by atoms with van der Waals surface area (Å²) in [5.41, 5.74) is 3.46. The minimum Gasteiger partial charge on any atom is -0.325 e. The summed E-state index contributed by atoms with van der Waals surface area (Å²) < 4.78 is 0. The van der Waals surface area contributed by atoms with E-state index in [-0.39, 0.29) is 5.91 Å². The van der Waals surface area contributed by atoms with Crippen molar-refractivity contribution in [3.8, 4) is 11.5 Å². The maximum absolute atomic E-state index is 12.8. The molecule has 0 unspecified atom stereocenters. The van der Waals surface area contributed by atoms with Gasteiger partial charge in [-0.15, -0.1) is 0 Å². The molecule has 5 rings (SSSR count). The van der Waals surface area contributed by atoms with E-state index in [4.69, 9.17) is 0 Å². The number of piperidine rings is 1. The number of anilines is 1. The Hall–Kier alpha value is -3.12. The zero-order chi connectivity index (χ0) is 19.0. The molecule has 2 aromatic heterocycles. The molecule has 28 heavy (non-hydrogen) atoms. The highest BCUT2D eigenvalue weighted by atomic mass is 16.2. The van der Waals surface area contributed by atoms with Crippen LogP contribution in [-0.4, -0.2) is 38.8 Å². The molecular formula is C22H21N5O. The van der Waals surface area contributed by atoms with Crippen molar-refractivity contribution in [2.45, 2.75) is 24.8 Å². The number of rotatable bonds is 3. The first-order chi connectivity index (χ1) is 13.7. The van der Waals surface area contributed by atoms with Crippen molar-refractivity contribution >= 4 is 11.6 Å². The second kappa shape index (κ2) is 6.80. The Kier molecular flexibility index (Phi) is 4.13. The Balaban J connectivity index is 1.35. The van der Waals surface area contributed by atoms with Gasteiger partial charge in [-0.3, -0.25) is 14.7 Å². The van der Waals surface area contributed by atoms with Crippen molar-refractivity contribution < 1.29 is 4.79 Å². The third-order valence-corrected chi connectivity index (χ3v) is 5.70. The van der Waals surface area contributed by atoms with Gasteiger partial charge < -0.3 is 5.32 Å². The van der Waals surface area contributed by atoms with Gasteiger partial charge in [-0.05, 0) is 43.1 Å². The average Bonchev–Trinajstić information content (AvgIpc) is 3.00. The summed E-state index contributed by atoms with van der Waals surface area (Å²) in [7, 11) is 0. The van der Waals surface area contributed by atoms with E-state index >= 15 is 0 Å². The van der Waals surface area contributed by atoms with Crippen LogP contribution in [0.25, 0.3) is 11.5 Å². The number of benzene rings is 1. The van der Waals surface area contributed by atoms with E-state index in [9.17, 15) is 4.79 Å². The van der Waals surface area contributed by atoms with Crippen molar-refractivity contribution in [3.05, 3.63) is 72.2 Å². The number of fused-ring (bicyclic) bond motifs is 2. The normalized spacial score (nSPS) is 21.5. The number of carbonyl (C=O) groups excluding carboxylic acids is 1. The Bertz CT molecular complexity index is 1000. The molecule has 0 radical (unpaired) electrons. The quantitative estimate of drug-likeness (QED) is 0.766. The monoisotopic (exact) mass is 371 g/mol. The number of aromatic nitrogens is 3. The van der Waals surface area contributed by atoms with Gasteiger partial charge in [0.25, 0.3) is 0 Å². The van der Waals surface area contributed by atoms with Crippen LogP contribution < -0.4 is 5.32 Å². The number of hydrogen-bond donors (Lipinski definition) is 1. The van der Waals surface area contributed by atoms with Crippen molar-refractivity contribution in [2.75, 3.05) is 18.4 Å². The van der Waals surface area contributed by atoms with Crippen LogP contribution in [0.3, 0.4) is 0 Å². The van der Waals surface area contributed by atoms with E-state index in [1.165, 1.54) is 0 Å². The van der Waals surface area contributed by atoms with E-state index in [0.717, 1.165) is 55.0 Å². The lowest BCUT2D eigenvalue weighted by Crippen LogP contribution is -2.49. The molecule has 1 spiro atoms. The second-order valence-electron chi connectivity index (χ2n) is 7.53. The van der Waals surface area contributed by atoms with Crippen LogP contribution in [0.15, 0.2) is 61.1 Å². The summed E-state index contributed by atoms with van der Waals surface area (Å²) in [6.45, 7) is 2.43. The van der Waals surface area contributed by atoms with Gasteiger partial charge in [0.15, 0.2) is 5.82 Å². The second-order valence-corrected chi connectivity index (χ2v) is 7.53. The van der Waals surface area contributed by atoms with Crippen molar-refractivity contribution in [1.29, 1.82) is 0 Å². The van der Waals surface area contributed by atoms with Crippen LogP contribution in [0, 0.1) is 0 Å². The highest BCUT2D eigenvalue weighted by molar-refractivity contribution is 6.06. The largest absolute Gasteiger partial charge is 0.325 e. The molecule has 1 N–H and O–H groups in total. The van der Waals surface area contributed by atoms with Gasteiger partial charge in [0.2, 0.25) is 5.91 Å². The van der Waals surface area contributed by atoms with Gasteiger partial charge in [0.1, 0.15) is 5.69 Å². The molecule has 1 fully saturated rings. The fourth-order valence-electron chi connectivity index (χ4n) is 4.38. The Morgan fingerprint density at radius 3 is 2.68 bits per heavy atom. The summed E-state index contributed by atoms with van der Waals surface area (Å²) in [6.07, 6.45) is 7.35. The van der Waals surface area contributed by atoms with Crippen LogP contribution in [0.4, 0.5) is 5.69 Å². The number of likely N-dealkylation sites (tertiary alicyclic amines) is 1.